The Morgan fingerprint density at radius 3 is 2.38 bits per heavy atom. The minimum absolute atomic E-state index is 0. The Morgan fingerprint density at radius 2 is 1.77 bits per heavy atom. The van der Waals surface area contributed by atoms with E-state index < -0.39 is 0 Å². The van der Waals surface area contributed by atoms with Gasteiger partial charge in [-0.15, -0.1) is 24.8 Å². The number of amides is 1. The molecule has 26 heavy (non-hydrogen) atoms. The summed E-state index contributed by atoms with van der Waals surface area (Å²) in [4.78, 5) is 14.3. The molecule has 0 unspecified atom stereocenters. The lowest BCUT2D eigenvalue weighted by molar-refractivity contribution is -0.115. The second-order valence-electron chi connectivity index (χ2n) is 6.12. The van der Waals surface area contributed by atoms with E-state index in [0.29, 0.717) is 30.2 Å². The number of aryl methyl sites for hydroxylation is 1. The van der Waals surface area contributed by atoms with E-state index in [-0.39, 0.29) is 30.7 Å². The average molecular weight is 400 g/mol. The number of ether oxygens (including phenoxy) is 1. The van der Waals surface area contributed by atoms with E-state index in [0.717, 1.165) is 17.7 Å². The lowest BCUT2D eigenvalue weighted by atomic mass is 10.1. The Kier molecular flexibility index (Phi) is 10.8. The van der Waals surface area contributed by atoms with Crippen molar-refractivity contribution in [3.05, 3.63) is 53.6 Å². The van der Waals surface area contributed by atoms with Gasteiger partial charge < -0.3 is 20.7 Å². The largest absolute Gasteiger partial charge is 0.490 e. The molecule has 0 aliphatic carbocycles. The zero-order chi connectivity index (χ0) is 17.5. The fourth-order valence-corrected chi connectivity index (χ4v) is 2.21. The molecule has 2 rings (SSSR count). The third-order valence-electron chi connectivity index (χ3n) is 3.55. The lowest BCUT2D eigenvalue weighted by Crippen LogP contribution is -2.20. The van der Waals surface area contributed by atoms with Crippen LogP contribution in [0.4, 0.5) is 11.4 Å². The topological polar surface area (TPSA) is 67.6 Å². The van der Waals surface area contributed by atoms with Crippen molar-refractivity contribution < 1.29 is 9.53 Å². The van der Waals surface area contributed by atoms with Crippen LogP contribution in [0.5, 0.6) is 5.75 Å². The number of hydrogen-bond donors (Lipinski definition) is 2. The Hall–Kier alpha value is -1.95. The molecule has 2 aromatic rings. The number of halogens is 2. The number of nitrogen functional groups attached to an aromatic ring is 1. The Morgan fingerprint density at radius 1 is 1.12 bits per heavy atom. The first kappa shape index (κ1) is 24.1. The van der Waals surface area contributed by atoms with Gasteiger partial charge in [0.15, 0.2) is 0 Å². The van der Waals surface area contributed by atoms with E-state index >= 15 is 0 Å². The summed E-state index contributed by atoms with van der Waals surface area (Å²) in [7, 11) is 3.99. The van der Waals surface area contributed by atoms with Gasteiger partial charge in [0.05, 0.1) is 12.1 Å². The minimum Gasteiger partial charge on any atom is -0.490 e. The van der Waals surface area contributed by atoms with Gasteiger partial charge in [-0.05, 0) is 56.4 Å². The van der Waals surface area contributed by atoms with Crippen molar-refractivity contribution in [1.82, 2.24) is 4.90 Å². The second-order valence-corrected chi connectivity index (χ2v) is 6.12. The van der Waals surface area contributed by atoms with Crippen LogP contribution in [0.15, 0.2) is 42.5 Å². The minimum atomic E-state index is -0.0823. The molecule has 144 valence electrons. The molecule has 0 heterocycles. The molecule has 0 saturated heterocycles. The predicted octanol–water partition coefficient (Wildman–Crippen LogP) is 3.54. The van der Waals surface area contributed by atoms with E-state index in [1.54, 1.807) is 12.1 Å². The molecule has 0 radical (unpaired) electrons. The molecule has 7 heteroatoms. The molecule has 3 N–H and O–H groups in total. The summed E-state index contributed by atoms with van der Waals surface area (Å²) in [6.45, 7) is 3.38. The van der Waals surface area contributed by atoms with Crippen molar-refractivity contribution >= 4 is 42.1 Å². The van der Waals surface area contributed by atoms with Gasteiger partial charge in [0, 0.05) is 12.2 Å². The number of anilines is 2. The van der Waals surface area contributed by atoms with Crippen molar-refractivity contribution in [2.45, 2.75) is 13.3 Å². The van der Waals surface area contributed by atoms with Crippen LogP contribution in [-0.2, 0) is 11.2 Å². The SMILES string of the molecule is Cc1ccc(NC(=O)Cc2ccc(N)cc2)c(OCCN(C)C)c1.Cl.Cl. The number of likely N-dealkylation sites (N-methyl/N-ethyl adjacent to an activating group) is 1. The van der Waals surface area contributed by atoms with Gasteiger partial charge in [-0.3, -0.25) is 4.79 Å². The Balaban J connectivity index is 0.00000312. The second kappa shape index (κ2) is 11.6. The standard InChI is InChI=1S/C19H25N3O2.2ClH/c1-14-4-9-17(18(12-14)24-11-10-22(2)3)21-19(23)13-15-5-7-16(20)8-6-15;;/h4-9,12H,10-11,13,20H2,1-3H3,(H,21,23);2*1H. The molecular formula is C19H27Cl2N3O2. The average Bonchev–Trinajstić information content (AvgIpc) is 2.52. The number of nitrogens with one attached hydrogen (secondary N) is 1. The first-order valence-electron chi connectivity index (χ1n) is 7.96. The predicted molar refractivity (Wildman–Crippen MR) is 113 cm³/mol. The molecule has 0 aliphatic heterocycles. The molecule has 0 aliphatic rings. The van der Waals surface area contributed by atoms with Gasteiger partial charge in [0.1, 0.15) is 12.4 Å². The lowest BCUT2D eigenvalue weighted by Gasteiger charge is -2.15. The van der Waals surface area contributed by atoms with Crippen LogP contribution in [0.25, 0.3) is 0 Å². The van der Waals surface area contributed by atoms with Crippen molar-refractivity contribution in [3.63, 3.8) is 0 Å². The molecular weight excluding hydrogens is 373 g/mol. The summed E-state index contributed by atoms with van der Waals surface area (Å²) in [6.07, 6.45) is 0.297. The number of carbonyl (C=O) groups excluding carboxylic acids is 1. The summed E-state index contributed by atoms with van der Waals surface area (Å²) in [5.74, 6) is 0.614. The summed E-state index contributed by atoms with van der Waals surface area (Å²) in [5, 5.41) is 2.93. The monoisotopic (exact) mass is 399 g/mol. The maximum Gasteiger partial charge on any atom is 0.228 e. The van der Waals surface area contributed by atoms with Gasteiger partial charge in [-0.25, -0.2) is 0 Å². The van der Waals surface area contributed by atoms with Crippen LogP contribution in [-0.4, -0.2) is 38.1 Å². The molecule has 1 amide bonds. The molecule has 0 aromatic heterocycles. The van der Waals surface area contributed by atoms with Crippen molar-refractivity contribution in [2.75, 3.05) is 38.3 Å². The van der Waals surface area contributed by atoms with Crippen LogP contribution in [0.3, 0.4) is 0 Å². The zero-order valence-corrected chi connectivity index (χ0v) is 17.0. The summed E-state index contributed by atoms with van der Waals surface area (Å²) >= 11 is 0. The highest BCUT2D eigenvalue weighted by molar-refractivity contribution is 5.93. The number of benzene rings is 2. The highest BCUT2D eigenvalue weighted by Gasteiger charge is 2.09. The van der Waals surface area contributed by atoms with Gasteiger partial charge >= 0.3 is 0 Å². The van der Waals surface area contributed by atoms with Gasteiger partial charge in [-0.1, -0.05) is 18.2 Å². The highest BCUT2D eigenvalue weighted by Crippen LogP contribution is 2.26. The van der Waals surface area contributed by atoms with Crippen LogP contribution in [0.2, 0.25) is 0 Å². The molecule has 0 atom stereocenters. The van der Waals surface area contributed by atoms with E-state index in [9.17, 15) is 4.79 Å². The van der Waals surface area contributed by atoms with Gasteiger partial charge in [-0.2, -0.15) is 0 Å². The fourth-order valence-electron chi connectivity index (χ4n) is 2.21. The zero-order valence-electron chi connectivity index (χ0n) is 15.3. The summed E-state index contributed by atoms with van der Waals surface area (Å²) in [6, 6.07) is 13.1. The van der Waals surface area contributed by atoms with Crippen molar-refractivity contribution in [1.29, 1.82) is 0 Å². The van der Waals surface area contributed by atoms with E-state index in [1.165, 1.54) is 0 Å². The van der Waals surface area contributed by atoms with Crippen LogP contribution in [0, 0.1) is 6.92 Å². The molecule has 0 fully saturated rings. The number of nitrogens with two attached hydrogens (primary N) is 1. The molecule has 0 bridgehead atoms. The quantitative estimate of drug-likeness (QED) is 0.698. The maximum absolute atomic E-state index is 12.3. The number of rotatable bonds is 7. The Labute approximate surface area is 167 Å². The smallest absolute Gasteiger partial charge is 0.228 e. The van der Waals surface area contributed by atoms with E-state index in [4.69, 9.17) is 10.5 Å². The first-order chi connectivity index (χ1) is 11.4. The molecule has 5 nitrogen and oxygen atoms in total. The Bertz CT molecular complexity index is 692. The molecule has 2 aromatic carbocycles. The maximum atomic E-state index is 12.3. The number of nitrogens with zero attached hydrogens (tertiary/aromatic N) is 1. The van der Waals surface area contributed by atoms with E-state index in [1.807, 2.05) is 51.4 Å². The van der Waals surface area contributed by atoms with Gasteiger partial charge in [0.2, 0.25) is 5.91 Å². The van der Waals surface area contributed by atoms with Crippen LogP contribution in [0.1, 0.15) is 11.1 Å². The molecule has 0 saturated carbocycles. The first-order valence-corrected chi connectivity index (χ1v) is 7.96. The third-order valence-corrected chi connectivity index (χ3v) is 3.55. The normalized spacial score (nSPS) is 9.85. The van der Waals surface area contributed by atoms with Gasteiger partial charge in [0.25, 0.3) is 0 Å². The van der Waals surface area contributed by atoms with Crippen molar-refractivity contribution in [3.8, 4) is 5.75 Å². The highest BCUT2D eigenvalue weighted by atomic mass is 35.5. The fraction of sp³-hybridized carbons (Fsp3) is 0.316. The van der Waals surface area contributed by atoms with Crippen molar-refractivity contribution in [2.24, 2.45) is 0 Å². The number of hydrogen-bond acceptors (Lipinski definition) is 4. The summed E-state index contributed by atoms with van der Waals surface area (Å²) in [5.41, 5.74) is 9.06. The summed E-state index contributed by atoms with van der Waals surface area (Å²) < 4.78 is 5.82. The third kappa shape index (κ3) is 7.95. The van der Waals surface area contributed by atoms with Crippen LogP contribution >= 0.6 is 24.8 Å². The molecule has 0 spiro atoms. The number of carbonyl (C=O) groups is 1. The van der Waals surface area contributed by atoms with Crippen LogP contribution < -0.4 is 15.8 Å². The van der Waals surface area contributed by atoms with E-state index in [2.05, 4.69) is 10.2 Å².